The number of likely N-dealkylation sites (N-methyl/N-ethyl adjacent to an activating group) is 1. The Morgan fingerprint density at radius 1 is 1.07 bits per heavy atom. The van der Waals surface area contributed by atoms with Crippen LogP contribution in [0, 0.1) is 6.92 Å². The van der Waals surface area contributed by atoms with Gasteiger partial charge in [-0.2, -0.15) is 0 Å². The van der Waals surface area contributed by atoms with E-state index in [-0.39, 0.29) is 24.0 Å². The molecule has 0 aliphatic carbocycles. The second-order valence-corrected chi connectivity index (χ2v) is 6.61. The molecule has 2 amide bonds. The van der Waals surface area contributed by atoms with E-state index in [4.69, 9.17) is 4.74 Å². The molecule has 0 aliphatic rings. The number of rotatable bonds is 9. The number of esters is 1. The Balaban J connectivity index is 1.78. The summed E-state index contributed by atoms with van der Waals surface area (Å²) in [7, 11) is 0. The predicted molar refractivity (Wildman–Crippen MR) is 113 cm³/mol. The molecule has 7 heteroatoms. The van der Waals surface area contributed by atoms with Crippen LogP contribution in [-0.2, 0) is 14.3 Å². The Labute approximate surface area is 171 Å². The normalized spacial score (nSPS) is 10.2. The van der Waals surface area contributed by atoms with Crippen LogP contribution in [0.2, 0.25) is 0 Å². The van der Waals surface area contributed by atoms with Gasteiger partial charge in [0.2, 0.25) is 5.91 Å². The third kappa shape index (κ3) is 7.29. The summed E-state index contributed by atoms with van der Waals surface area (Å²) in [5.74, 6) is -1.22. The van der Waals surface area contributed by atoms with Crippen molar-refractivity contribution >= 4 is 29.2 Å². The standard InChI is InChI=1S/C22H27N3O4/c1-4-25(20-10-5-7-16(2)13-20)12-11-23-21(27)15-29-22(28)18-8-6-9-19(14-18)24-17(3)26/h5-10,13-14H,4,11-12,15H2,1-3H3,(H,23,27)(H,24,26). The molecule has 0 bridgehead atoms. The van der Waals surface area contributed by atoms with E-state index in [2.05, 4.69) is 28.5 Å². The highest BCUT2D eigenvalue weighted by atomic mass is 16.5. The van der Waals surface area contributed by atoms with E-state index in [9.17, 15) is 14.4 Å². The molecule has 0 unspecified atom stereocenters. The molecule has 29 heavy (non-hydrogen) atoms. The van der Waals surface area contributed by atoms with Crippen molar-refractivity contribution in [2.24, 2.45) is 0 Å². The zero-order chi connectivity index (χ0) is 21.2. The van der Waals surface area contributed by atoms with Gasteiger partial charge in [-0.15, -0.1) is 0 Å². The number of hydrogen-bond donors (Lipinski definition) is 2. The summed E-state index contributed by atoms with van der Waals surface area (Å²) in [6.07, 6.45) is 0. The third-order valence-electron chi connectivity index (χ3n) is 4.21. The minimum Gasteiger partial charge on any atom is -0.452 e. The van der Waals surface area contributed by atoms with Crippen molar-refractivity contribution in [1.82, 2.24) is 5.32 Å². The minimum atomic E-state index is -0.623. The molecule has 0 saturated heterocycles. The van der Waals surface area contributed by atoms with Crippen molar-refractivity contribution < 1.29 is 19.1 Å². The highest BCUT2D eigenvalue weighted by molar-refractivity contribution is 5.94. The van der Waals surface area contributed by atoms with Crippen LogP contribution in [0.25, 0.3) is 0 Å². The number of anilines is 2. The summed E-state index contributed by atoms with van der Waals surface area (Å²) in [6, 6.07) is 14.5. The Morgan fingerprint density at radius 2 is 1.83 bits per heavy atom. The van der Waals surface area contributed by atoms with E-state index >= 15 is 0 Å². The molecule has 0 fully saturated rings. The van der Waals surface area contributed by atoms with Crippen LogP contribution < -0.4 is 15.5 Å². The van der Waals surface area contributed by atoms with Crippen LogP contribution in [0.5, 0.6) is 0 Å². The van der Waals surface area contributed by atoms with Gasteiger partial charge >= 0.3 is 5.97 Å². The third-order valence-corrected chi connectivity index (χ3v) is 4.21. The maximum Gasteiger partial charge on any atom is 0.338 e. The molecule has 0 spiro atoms. The van der Waals surface area contributed by atoms with Gasteiger partial charge in [0.1, 0.15) is 0 Å². The number of aryl methyl sites for hydroxylation is 1. The van der Waals surface area contributed by atoms with Gasteiger partial charge < -0.3 is 20.3 Å². The van der Waals surface area contributed by atoms with Crippen molar-refractivity contribution in [3.8, 4) is 0 Å². The van der Waals surface area contributed by atoms with Crippen molar-refractivity contribution in [3.05, 3.63) is 59.7 Å². The van der Waals surface area contributed by atoms with Crippen molar-refractivity contribution in [3.63, 3.8) is 0 Å². The summed E-state index contributed by atoms with van der Waals surface area (Å²) in [5.41, 5.74) is 3.04. The Kier molecular flexibility index (Phi) is 8.21. The number of carbonyl (C=O) groups is 3. The van der Waals surface area contributed by atoms with Crippen molar-refractivity contribution in [2.75, 3.05) is 36.5 Å². The summed E-state index contributed by atoms with van der Waals surface area (Å²) in [6.45, 7) is 7.03. The second kappa shape index (κ2) is 10.8. The van der Waals surface area contributed by atoms with E-state index in [1.54, 1.807) is 18.2 Å². The lowest BCUT2D eigenvalue weighted by atomic mass is 10.2. The maximum absolute atomic E-state index is 12.1. The highest BCUT2D eigenvalue weighted by Gasteiger charge is 2.11. The largest absolute Gasteiger partial charge is 0.452 e. The first-order chi connectivity index (χ1) is 13.9. The van der Waals surface area contributed by atoms with Crippen LogP contribution in [0.15, 0.2) is 48.5 Å². The van der Waals surface area contributed by atoms with Gasteiger partial charge in [0.25, 0.3) is 5.91 Å². The zero-order valence-corrected chi connectivity index (χ0v) is 17.0. The molecule has 2 rings (SSSR count). The predicted octanol–water partition coefficient (Wildman–Crippen LogP) is 2.75. The van der Waals surface area contributed by atoms with Gasteiger partial charge in [-0.05, 0) is 49.7 Å². The molecule has 0 heterocycles. The van der Waals surface area contributed by atoms with Gasteiger partial charge in [0, 0.05) is 37.9 Å². The topological polar surface area (TPSA) is 87.7 Å². The van der Waals surface area contributed by atoms with Crippen LogP contribution in [-0.4, -0.2) is 44.0 Å². The molecule has 0 aromatic heterocycles. The summed E-state index contributed by atoms with van der Waals surface area (Å²) in [4.78, 5) is 37.4. The first-order valence-corrected chi connectivity index (χ1v) is 9.52. The molecule has 154 valence electrons. The number of amides is 2. The van der Waals surface area contributed by atoms with Crippen molar-refractivity contribution in [2.45, 2.75) is 20.8 Å². The zero-order valence-electron chi connectivity index (χ0n) is 17.0. The molecule has 0 radical (unpaired) electrons. The molecule has 0 saturated carbocycles. The number of benzene rings is 2. The Hall–Kier alpha value is -3.35. The molecule has 0 aliphatic heterocycles. The summed E-state index contributed by atoms with van der Waals surface area (Å²) < 4.78 is 5.06. The van der Waals surface area contributed by atoms with Gasteiger partial charge in [0.15, 0.2) is 6.61 Å². The second-order valence-electron chi connectivity index (χ2n) is 6.61. The quantitative estimate of drug-likeness (QED) is 0.636. The van der Waals surface area contributed by atoms with E-state index in [0.717, 1.165) is 12.2 Å². The van der Waals surface area contributed by atoms with E-state index in [0.29, 0.717) is 18.8 Å². The van der Waals surface area contributed by atoms with Gasteiger partial charge in [-0.3, -0.25) is 9.59 Å². The molecule has 2 N–H and O–H groups in total. The lowest BCUT2D eigenvalue weighted by molar-refractivity contribution is -0.124. The average Bonchev–Trinajstić information content (AvgIpc) is 2.69. The van der Waals surface area contributed by atoms with Crippen LogP contribution >= 0.6 is 0 Å². The van der Waals surface area contributed by atoms with Crippen molar-refractivity contribution in [1.29, 1.82) is 0 Å². The summed E-state index contributed by atoms with van der Waals surface area (Å²) in [5, 5.41) is 5.36. The van der Waals surface area contributed by atoms with Crippen LogP contribution in [0.1, 0.15) is 29.8 Å². The lowest BCUT2D eigenvalue weighted by Crippen LogP contribution is -2.36. The Bertz CT molecular complexity index is 867. The van der Waals surface area contributed by atoms with E-state index < -0.39 is 5.97 Å². The van der Waals surface area contributed by atoms with Gasteiger partial charge in [-0.25, -0.2) is 4.79 Å². The molecule has 7 nitrogen and oxygen atoms in total. The number of ether oxygens (including phenoxy) is 1. The number of hydrogen-bond acceptors (Lipinski definition) is 5. The van der Waals surface area contributed by atoms with Gasteiger partial charge in [-0.1, -0.05) is 18.2 Å². The molecule has 2 aromatic rings. The average molecular weight is 397 g/mol. The minimum absolute atomic E-state index is 0.235. The Morgan fingerprint density at radius 3 is 2.52 bits per heavy atom. The first-order valence-electron chi connectivity index (χ1n) is 9.52. The first kappa shape index (κ1) is 21.9. The molecular weight excluding hydrogens is 370 g/mol. The summed E-state index contributed by atoms with van der Waals surface area (Å²) >= 11 is 0. The SMILES string of the molecule is CCN(CCNC(=O)COC(=O)c1cccc(NC(C)=O)c1)c1cccc(C)c1. The fourth-order valence-corrected chi connectivity index (χ4v) is 2.82. The van der Waals surface area contributed by atoms with Gasteiger partial charge in [0.05, 0.1) is 5.56 Å². The highest BCUT2D eigenvalue weighted by Crippen LogP contribution is 2.15. The number of carbonyl (C=O) groups excluding carboxylic acids is 3. The fraction of sp³-hybridized carbons (Fsp3) is 0.318. The smallest absolute Gasteiger partial charge is 0.338 e. The molecule has 2 aromatic carbocycles. The number of nitrogens with one attached hydrogen (secondary N) is 2. The molecule has 0 atom stereocenters. The van der Waals surface area contributed by atoms with E-state index in [1.165, 1.54) is 18.6 Å². The van der Waals surface area contributed by atoms with E-state index in [1.807, 2.05) is 25.1 Å². The fourth-order valence-electron chi connectivity index (χ4n) is 2.82. The molecular formula is C22H27N3O4. The number of nitrogens with zero attached hydrogens (tertiary/aromatic N) is 1. The monoisotopic (exact) mass is 397 g/mol. The van der Waals surface area contributed by atoms with Crippen LogP contribution in [0.3, 0.4) is 0 Å². The van der Waals surface area contributed by atoms with Crippen LogP contribution in [0.4, 0.5) is 11.4 Å². The maximum atomic E-state index is 12.1. The lowest BCUT2D eigenvalue weighted by Gasteiger charge is -2.23.